The largest absolute Gasteiger partial charge is 0.342 e. The van der Waals surface area contributed by atoms with Crippen molar-refractivity contribution in [2.45, 2.75) is 31.0 Å². The number of alkyl halides is 1. The predicted octanol–water partition coefficient (Wildman–Crippen LogP) is 2.71. The van der Waals surface area contributed by atoms with Gasteiger partial charge in [0.15, 0.2) is 0 Å². The van der Waals surface area contributed by atoms with Crippen LogP contribution >= 0.6 is 0 Å². The van der Waals surface area contributed by atoms with Crippen LogP contribution in [0.25, 0.3) is 11.1 Å². The Labute approximate surface area is 174 Å². The molecule has 2 aromatic rings. The van der Waals surface area contributed by atoms with E-state index < -0.39 is 24.0 Å². The molecular weight excluding hydrogens is 388 g/mol. The maximum Gasteiger partial charge on any atom is 0.240 e. The Balaban J connectivity index is 1.59. The van der Waals surface area contributed by atoms with Gasteiger partial charge >= 0.3 is 0 Å². The van der Waals surface area contributed by atoms with Crippen LogP contribution in [0.4, 0.5) is 8.78 Å². The molecule has 30 heavy (non-hydrogen) atoms. The van der Waals surface area contributed by atoms with Crippen LogP contribution in [-0.2, 0) is 9.59 Å². The summed E-state index contributed by atoms with van der Waals surface area (Å²) in [7, 11) is 0. The third kappa shape index (κ3) is 4.07. The van der Waals surface area contributed by atoms with Gasteiger partial charge in [-0.05, 0) is 41.7 Å². The highest BCUT2D eigenvalue weighted by Gasteiger charge is 2.40. The van der Waals surface area contributed by atoms with Crippen LogP contribution in [0.15, 0.2) is 48.5 Å². The third-order valence-electron chi connectivity index (χ3n) is 5.97. The van der Waals surface area contributed by atoms with Gasteiger partial charge in [-0.1, -0.05) is 36.4 Å². The lowest BCUT2D eigenvalue weighted by molar-refractivity contribution is -0.141. The number of carbonyl (C=O) groups is 2. The number of carbonyl (C=O) groups excluding carboxylic acids is 2. The molecule has 2 fully saturated rings. The first-order chi connectivity index (χ1) is 14.4. The molecule has 2 aromatic carbocycles. The first-order valence-electron chi connectivity index (χ1n) is 10.3. The number of amides is 2. The van der Waals surface area contributed by atoms with E-state index in [4.69, 9.17) is 5.73 Å². The minimum atomic E-state index is -1.07. The lowest BCUT2D eigenvalue weighted by Gasteiger charge is -2.36. The normalized spacial score (nSPS) is 20.6. The van der Waals surface area contributed by atoms with Crippen molar-refractivity contribution in [3.05, 3.63) is 59.9 Å². The van der Waals surface area contributed by atoms with Gasteiger partial charge in [-0.3, -0.25) is 9.59 Å². The molecule has 0 unspecified atom stereocenters. The SMILES string of the molecule is N[C@H](C(=O)N1CC[C@H](F)C1)[C@@H](C(=O)N1CCC1)c1ccc(-c2ccc(F)cc2)cc1. The summed E-state index contributed by atoms with van der Waals surface area (Å²) in [6, 6.07) is 12.3. The molecule has 2 aliphatic heterocycles. The van der Waals surface area contributed by atoms with Crippen LogP contribution in [-0.4, -0.2) is 60.0 Å². The molecule has 2 saturated heterocycles. The summed E-state index contributed by atoms with van der Waals surface area (Å²) < 4.78 is 26.7. The molecule has 0 spiro atoms. The molecule has 4 rings (SSSR count). The zero-order valence-electron chi connectivity index (χ0n) is 16.6. The van der Waals surface area contributed by atoms with Gasteiger partial charge in [0.1, 0.15) is 18.0 Å². The molecule has 3 atom stereocenters. The zero-order valence-corrected chi connectivity index (χ0v) is 16.6. The fourth-order valence-corrected chi connectivity index (χ4v) is 4.03. The van der Waals surface area contributed by atoms with E-state index in [0.717, 1.165) is 17.5 Å². The molecule has 7 heteroatoms. The van der Waals surface area contributed by atoms with Crippen LogP contribution < -0.4 is 5.73 Å². The second-order valence-corrected chi connectivity index (χ2v) is 7.98. The Morgan fingerprint density at radius 1 is 0.900 bits per heavy atom. The number of hydrogen-bond donors (Lipinski definition) is 1. The van der Waals surface area contributed by atoms with E-state index in [1.165, 1.54) is 17.0 Å². The fraction of sp³-hybridized carbons (Fsp3) is 0.391. The average molecular weight is 413 g/mol. The molecule has 2 amide bonds. The fourth-order valence-electron chi connectivity index (χ4n) is 4.03. The quantitative estimate of drug-likeness (QED) is 0.820. The molecule has 158 valence electrons. The first kappa shape index (κ1) is 20.5. The van der Waals surface area contributed by atoms with E-state index in [1.54, 1.807) is 29.2 Å². The van der Waals surface area contributed by atoms with Crippen LogP contribution in [0.5, 0.6) is 0 Å². The van der Waals surface area contributed by atoms with Crippen molar-refractivity contribution in [3.63, 3.8) is 0 Å². The summed E-state index contributed by atoms with van der Waals surface area (Å²) in [6.45, 7) is 1.66. The number of hydrogen-bond acceptors (Lipinski definition) is 3. The number of rotatable bonds is 5. The molecule has 0 bridgehead atoms. The third-order valence-corrected chi connectivity index (χ3v) is 5.97. The maximum atomic E-state index is 13.6. The highest BCUT2D eigenvalue weighted by atomic mass is 19.1. The molecular formula is C23H25F2N3O2. The van der Waals surface area contributed by atoms with Crippen molar-refractivity contribution >= 4 is 11.8 Å². The summed E-state index contributed by atoms with van der Waals surface area (Å²) >= 11 is 0. The van der Waals surface area contributed by atoms with Crippen molar-refractivity contribution in [1.82, 2.24) is 9.80 Å². The van der Waals surface area contributed by atoms with Gasteiger partial charge in [0.25, 0.3) is 0 Å². The first-order valence-corrected chi connectivity index (χ1v) is 10.3. The lowest BCUT2D eigenvalue weighted by atomic mass is 9.87. The van der Waals surface area contributed by atoms with Gasteiger partial charge in [0.2, 0.25) is 11.8 Å². The van der Waals surface area contributed by atoms with E-state index in [9.17, 15) is 18.4 Å². The standard InChI is InChI=1S/C23H25F2N3O2/c24-18-8-6-16(7-9-18)15-2-4-17(5-3-15)20(22(29)27-11-1-12-27)21(26)23(30)28-13-10-19(25)14-28/h2-9,19-21H,1,10-14,26H2/t19-,20-,21-/m0/s1. The van der Waals surface area contributed by atoms with Crippen molar-refractivity contribution in [2.75, 3.05) is 26.2 Å². The average Bonchev–Trinajstić information content (AvgIpc) is 3.14. The van der Waals surface area contributed by atoms with Crippen molar-refractivity contribution in [3.8, 4) is 11.1 Å². The topological polar surface area (TPSA) is 66.6 Å². The minimum Gasteiger partial charge on any atom is -0.342 e. The number of likely N-dealkylation sites (tertiary alicyclic amines) is 2. The van der Waals surface area contributed by atoms with E-state index in [-0.39, 0.29) is 18.3 Å². The number of nitrogens with two attached hydrogens (primary N) is 1. The highest BCUT2D eigenvalue weighted by Crippen LogP contribution is 2.29. The molecule has 2 N–H and O–H groups in total. The van der Waals surface area contributed by atoms with E-state index in [0.29, 0.717) is 31.6 Å². The number of nitrogens with zero attached hydrogens (tertiary/aromatic N) is 2. The number of benzene rings is 2. The predicted molar refractivity (Wildman–Crippen MR) is 110 cm³/mol. The smallest absolute Gasteiger partial charge is 0.240 e. The summed E-state index contributed by atoms with van der Waals surface area (Å²) in [4.78, 5) is 29.1. The van der Waals surface area contributed by atoms with E-state index >= 15 is 0 Å². The molecule has 0 saturated carbocycles. The minimum absolute atomic E-state index is 0.0284. The van der Waals surface area contributed by atoms with Gasteiger partial charge in [-0.2, -0.15) is 0 Å². The Bertz CT molecular complexity index is 913. The second kappa shape index (κ2) is 8.52. The molecule has 0 radical (unpaired) electrons. The second-order valence-electron chi connectivity index (χ2n) is 7.98. The van der Waals surface area contributed by atoms with Crippen molar-refractivity contribution < 1.29 is 18.4 Å². The lowest BCUT2D eigenvalue weighted by Crippen LogP contribution is -2.53. The monoisotopic (exact) mass is 413 g/mol. The van der Waals surface area contributed by atoms with Gasteiger partial charge < -0.3 is 15.5 Å². The molecule has 2 heterocycles. The summed E-state index contributed by atoms with van der Waals surface area (Å²) in [5.41, 5.74) is 8.66. The van der Waals surface area contributed by atoms with E-state index in [2.05, 4.69) is 0 Å². The van der Waals surface area contributed by atoms with Crippen LogP contribution in [0.3, 0.4) is 0 Å². The highest BCUT2D eigenvalue weighted by molar-refractivity contribution is 5.94. The summed E-state index contributed by atoms with van der Waals surface area (Å²) in [5.74, 6) is -1.69. The molecule has 0 aromatic heterocycles. The van der Waals surface area contributed by atoms with Crippen LogP contribution in [0.2, 0.25) is 0 Å². The maximum absolute atomic E-state index is 13.6. The Hall–Kier alpha value is -2.80. The van der Waals surface area contributed by atoms with Gasteiger partial charge in [-0.25, -0.2) is 8.78 Å². The van der Waals surface area contributed by atoms with Crippen molar-refractivity contribution in [2.24, 2.45) is 5.73 Å². The Kier molecular flexibility index (Phi) is 5.81. The number of halogens is 2. The summed E-state index contributed by atoms with van der Waals surface area (Å²) in [5, 5.41) is 0. The molecule has 2 aliphatic rings. The zero-order chi connectivity index (χ0) is 21.3. The molecule has 5 nitrogen and oxygen atoms in total. The summed E-state index contributed by atoms with van der Waals surface area (Å²) in [6.07, 6.45) is 0.191. The Morgan fingerprint density at radius 3 is 2.00 bits per heavy atom. The Morgan fingerprint density at radius 2 is 1.50 bits per heavy atom. The van der Waals surface area contributed by atoms with Crippen LogP contribution in [0.1, 0.15) is 24.3 Å². The van der Waals surface area contributed by atoms with Crippen molar-refractivity contribution in [1.29, 1.82) is 0 Å². The van der Waals surface area contributed by atoms with Gasteiger partial charge in [-0.15, -0.1) is 0 Å². The van der Waals surface area contributed by atoms with Crippen LogP contribution in [0, 0.1) is 5.82 Å². The van der Waals surface area contributed by atoms with Gasteiger partial charge in [0.05, 0.1) is 12.5 Å². The van der Waals surface area contributed by atoms with Gasteiger partial charge in [0, 0.05) is 19.6 Å². The van der Waals surface area contributed by atoms with E-state index in [1.807, 2.05) is 12.1 Å². The molecule has 0 aliphatic carbocycles.